The fourth-order valence-electron chi connectivity index (χ4n) is 5.01. The second kappa shape index (κ2) is 9.71. The fourth-order valence-corrected chi connectivity index (χ4v) is 5.01. The number of amidine groups is 1. The molecule has 0 unspecified atom stereocenters. The summed E-state index contributed by atoms with van der Waals surface area (Å²) in [5.41, 5.74) is 3.59. The summed E-state index contributed by atoms with van der Waals surface area (Å²) < 4.78 is 0. The lowest BCUT2D eigenvalue weighted by Gasteiger charge is -2.25. The number of aliphatic imine (C=N–C) groups is 1. The van der Waals surface area contributed by atoms with Gasteiger partial charge in [0.2, 0.25) is 0 Å². The minimum Gasteiger partial charge on any atom is -0.290 e. The third kappa shape index (κ3) is 4.30. The first kappa shape index (κ1) is 22.2. The molecule has 1 N–H and O–H groups in total. The Morgan fingerprint density at radius 3 is 2.41 bits per heavy atom. The van der Waals surface area contributed by atoms with Gasteiger partial charge in [-0.15, -0.1) is 5.10 Å². The maximum atomic E-state index is 13.6. The zero-order valence-electron chi connectivity index (χ0n) is 19.6. The molecule has 0 atom stereocenters. The van der Waals surface area contributed by atoms with Crippen LogP contribution in [0.25, 0.3) is 22.5 Å². The molecule has 7 heteroatoms. The van der Waals surface area contributed by atoms with Gasteiger partial charge in [0.05, 0.1) is 6.54 Å². The van der Waals surface area contributed by atoms with E-state index in [4.69, 9.17) is 4.99 Å². The van der Waals surface area contributed by atoms with Gasteiger partial charge in [-0.1, -0.05) is 87.2 Å². The molecule has 2 aromatic carbocycles. The van der Waals surface area contributed by atoms with Crippen LogP contribution in [0, 0.1) is 0 Å². The van der Waals surface area contributed by atoms with E-state index < -0.39 is 5.54 Å². The van der Waals surface area contributed by atoms with Crippen molar-refractivity contribution in [3.05, 3.63) is 66.2 Å². The lowest BCUT2D eigenvalue weighted by Crippen LogP contribution is -2.41. The highest BCUT2D eigenvalue weighted by Gasteiger charge is 2.47. The first-order valence-electron chi connectivity index (χ1n) is 12.2. The number of aromatic amines is 1. The van der Waals surface area contributed by atoms with Gasteiger partial charge in [-0.2, -0.15) is 0 Å². The smallest absolute Gasteiger partial charge is 0.256 e. The summed E-state index contributed by atoms with van der Waals surface area (Å²) in [4.78, 5) is 20.5. The van der Waals surface area contributed by atoms with Crippen molar-refractivity contribution in [3.8, 4) is 22.5 Å². The first-order chi connectivity index (χ1) is 16.7. The number of aromatic nitrogens is 4. The van der Waals surface area contributed by atoms with Crippen LogP contribution in [0.5, 0.6) is 0 Å². The van der Waals surface area contributed by atoms with Crippen molar-refractivity contribution in [2.75, 3.05) is 0 Å². The zero-order valence-corrected chi connectivity index (χ0v) is 19.6. The molecule has 1 fully saturated rings. The van der Waals surface area contributed by atoms with Crippen molar-refractivity contribution in [3.63, 3.8) is 0 Å². The number of carbonyl (C=O) groups excluding carboxylic acids is 1. The molecule has 5 rings (SSSR count). The second-order valence-corrected chi connectivity index (χ2v) is 9.11. The number of H-pyrrole nitrogens is 1. The van der Waals surface area contributed by atoms with E-state index >= 15 is 0 Å². The summed E-state index contributed by atoms with van der Waals surface area (Å²) in [6.07, 6.45) is 11.3. The summed E-state index contributed by atoms with van der Waals surface area (Å²) in [6, 6.07) is 16.4. The Labute approximate surface area is 200 Å². The van der Waals surface area contributed by atoms with Crippen LogP contribution < -0.4 is 0 Å². The number of hydrogen-bond acceptors (Lipinski definition) is 5. The Morgan fingerprint density at radius 2 is 1.74 bits per heavy atom. The predicted molar refractivity (Wildman–Crippen MR) is 133 cm³/mol. The van der Waals surface area contributed by atoms with Gasteiger partial charge in [0.15, 0.2) is 5.82 Å². The van der Waals surface area contributed by atoms with Crippen LogP contribution in [0.3, 0.4) is 0 Å². The van der Waals surface area contributed by atoms with Gasteiger partial charge in [0.1, 0.15) is 11.4 Å². The monoisotopic (exact) mass is 454 g/mol. The molecular formula is C27H30N6O. The number of benzene rings is 2. The number of nitrogens with one attached hydrogen (secondary N) is 1. The number of tetrazole rings is 1. The molecule has 1 amide bonds. The van der Waals surface area contributed by atoms with Gasteiger partial charge in [0.25, 0.3) is 5.91 Å². The van der Waals surface area contributed by atoms with E-state index in [2.05, 4.69) is 64.0 Å². The van der Waals surface area contributed by atoms with Crippen molar-refractivity contribution in [1.82, 2.24) is 25.5 Å². The second-order valence-electron chi connectivity index (χ2n) is 9.11. The Bertz CT molecular complexity index is 1190. The fraction of sp³-hybridized carbons (Fsp3) is 0.370. The highest BCUT2D eigenvalue weighted by Crippen LogP contribution is 2.37. The molecule has 3 aromatic rings. The van der Waals surface area contributed by atoms with Crippen molar-refractivity contribution in [1.29, 1.82) is 0 Å². The van der Waals surface area contributed by atoms with E-state index in [1.54, 1.807) is 0 Å². The van der Waals surface area contributed by atoms with E-state index in [1.807, 2.05) is 29.2 Å². The van der Waals surface area contributed by atoms with Crippen molar-refractivity contribution < 1.29 is 4.79 Å². The molecule has 1 spiro atoms. The van der Waals surface area contributed by atoms with E-state index in [1.165, 1.54) is 12.8 Å². The maximum Gasteiger partial charge on any atom is 0.256 e. The average Bonchev–Trinajstić information content (AvgIpc) is 3.41. The Kier molecular flexibility index (Phi) is 6.34. The minimum absolute atomic E-state index is 0.164. The molecule has 1 aliphatic heterocycles. The molecular weight excluding hydrogens is 424 g/mol. The number of hydrogen-bond donors (Lipinski definition) is 1. The van der Waals surface area contributed by atoms with Gasteiger partial charge in [-0.25, -0.2) is 5.10 Å². The van der Waals surface area contributed by atoms with Crippen LogP contribution in [-0.2, 0) is 11.3 Å². The standard InChI is InChI=1S/C27H30N6O/c1-2-3-12-24-28-27(17-8-4-5-9-18-27)26(34)33(24)19-20-13-15-21(16-14-20)22-10-6-7-11-23(22)25-29-31-32-30-25/h3,6-7,10-16H,2,4-5,8-9,17-19H2,1H3,(H,29,30,31,32)/b12-3+. The molecule has 2 aliphatic rings. The molecule has 2 heterocycles. The average molecular weight is 455 g/mol. The molecule has 1 saturated carbocycles. The van der Waals surface area contributed by atoms with Crippen LogP contribution in [0.15, 0.2) is 65.7 Å². The lowest BCUT2D eigenvalue weighted by atomic mass is 9.90. The van der Waals surface area contributed by atoms with Crippen LogP contribution >= 0.6 is 0 Å². The first-order valence-corrected chi connectivity index (χ1v) is 12.2. The van der Waals surface area contributed by atoms with Crippen LogP contribution in [0.2, 0.25) is 0 Å². The highest BCUT2D eigenvalue weighted by molar-refractivity contribution is 6.12. The number of amides is 1. The van der Waals surface area contributed by atoms with Gasteiger partial charge in [0, 0.05) is 5.56 Å². The third-order valence-corrected chi connectivity index (χ3v) is 6.81. The molecule has 34 heavy (non-hydrogen) atoms. The van der Waals surface area contributed by atoms with Crippen molar-refractivity contribution in [2.45, 2.75) is 64.0 Å². The van der Waals surface area contributed by atoms with E-state index in [0.717, 1.165) is 60.2 Å². The normalized spacial score (nSPS) is 18.0. The van der Waals surface area contributed by atoms with Gasteiger partial charge < -0.3 is 0 Å². The van der Waals surface area contributed by atoms with Crippen LogP contribution in [0.4, 0.5) is 0 Å². The zero-order chi connectivity index (χ0) is 23.4. The molecule has 1 aliphatic carbocycles. The lowest BCUT2D eigenvalue weighted by molar-refractivity contribution is -0.132. The number of rotatable bonds is 6. The summed E-state index contributed by atoms with van der Waals surface area (Å²) in [6.45, 7) is 2.63. The van der Waals surface area contributed by atoms with Gasteiger partial charge in [-0.05, 0) is 52.5 Å². The number of allylic oxidation sites excluding steroid dienone is 1. The molecule has 0 radical (unpaired) electrons. The molecule has 1 aromatic heterocycles. The maximum absolute atomic E-state index is 13.6. The quantitative estimate of drug-likeness (QED) is 0.545. The SMILES string of the molecule is CC/C=C/C1=NC2(CCCCCC2)C(=O)N1Cc1ccc(-c2ccccc2-c2nnn[nH]2)cc1. The third-order valence-electron chi connectivity index (χ3n) is 6.81. The molecule has 7 nitrogen and oxygen atoms in total. The number of nitrogens with zero attached hydrogens (tertiary/aromatic N) is 5. The summed E-state index contributed by atoms with van der Waals surface area (Å²) in [7, 11) is 0. The van der Waals surface area contributed by atoms with Gasteiger partial charge >= 0.3 is 0 Å². The van der Waals surface area contributed by atoms with E-state index in [0.29, 0.717) is 12.4 Å². The van der Waals surface area contributed by atoms with Crippen molar-refractivity contribution in [2.24, 2.45) is 4.99 Å². The van der Waals surface area contributed by atoms with Gasteiger partial charge in [-0.3, -0.25) is 14.7 Å². The Hall–Kier alpha value is -3.61. The summed E-state index contributed by atoms with van der Waals surface area (Å²) in [5.74, 6) is 1.61. The highest BCUT2D eigenvalue weighted by atomic mass is 16.2. The Balaban J connectivity index is 1.40. The van der Waals surface area contributed by atoms with E-state index in [9.17, 15) is 4.79 Å². The minimum atomic E-state index is -0.562. The molecule has 0 bridgehead atoms. The summed E-state index contributed by atoms with van der Waals surface area (Å²) in [5, 5.41) is 14.3. The topological polar surface area (TPSA) is 87.1 Å². The van der Waals surface area contributed by atoms with E-state index in [-0.39, 0.29) is 5.91 Å². The molecule has 174 valence electrons. The predicted octanol–water partition coefficient (Wildman–Crippen LogP) is 5.33. The van der Waals surface area contributed by atoms with Crippen molar-refractivity contribution >= 4 is 11.7 Å². The summed E-state index contributed by atoms with van der Waals surface area (Å²) >= 11 is 0. The van der Waals surface area contributed by atoms with Crippen LogP contribution in [-0.4, -0.2) is 42.8 Å². The largest absolute Gasteiger partial charge is 0.290 e. The van der Waals surface area contributed by atoms with Crippen LogP contribution in [0.1, 0.15) is 57.4 Å². The number of carbonyl (C=O) groups is 1. The molecule has 0 saturated heterocycles. The Morgan fingerprint density at radius 1 is 1.00 bits per heavy atom.